The summed E-state index contributed by atoms with van der Waals surface area (Å²) in [6.07, 6.45) is 0. The fourth-order valence-electron chi connectivity index (χ4n) is 2.32. The van der Waals surface area contributed by atoms with Crippen LogP contribution in [0.4, 0.5) is 5.69 Å². The number of hydrogen-bond acceptors (Lipinski definition) is 3. The molecule has 0 aliphatic carbocycles. The van der Waals surface area contributed by atoms with E-state index in [1.54, 1.807) is 12.1 Å². The van der Waals surface area contributed by atoms with Gasteiger partial charge >= 0.3 is 5.97 Å². The zero-order valence-electron chi connectivity index (χ0n) is 13.9. The van der Waals surface area contributed by atoms with Gasteiger partial charge in [0.1, 0.15) is 0 Å². The van der Waals surface area contributed by atoms with Crippen LogP contribution in [0.5, 0.6) is 0 Å². The maximum atomic E-state index is 12.0. The van der Waals surface area contributed by atoms with Gasteiger partial charge in [-0.25, -0.2) is 4.79 Å². The van der Waals surface area contributed by atoms with Gasteiger partial charge < -0.3 is 10.1 Å². The summed E-state index contributed by atoms with van der Waals surface area (Å²) in [7, 11) is 0. The molecular weight excluding hydrogens is 290 g/mol. The summed E-state index contributed by atoms with van der Waals surface area (Å²) in [6.45, 7) is 7.50. The third-order valence-electron chi connectivity index (χ3n) is 3.58. The number of aryl methyl sites for hydroxylation is 4. The van der Waals surface area contributed by atoms with Gasteiger partial charge in [-0.2, -0.15) is 0 Å². The van der Waals surface area contributed by atoms with Crippen LogP contribution in [0.15, 0.2) is 36.4 Å². The molecular formula is C19H21NO3. The minimum absolute atomic E-state index is 0.307. The van der Waals surface area contributed by atoms with Gasteiger partial charge in [-0.1, -0.05) is 23.3 Å². The minimum atomic E-state index is -0.493. The van der Waals surface area contributed by atoms with Crippen molar-refractivity contribution in [2.45, 2.75) is 27.7 Å². The first-order chi connectivity index (χ1) is 10.8. The van der Waals surface area contributed by atoms with Crippen molar-refractivity contribution in [1.82, 2.24) is 0 Å². The van der Waals surface area contributed by atoms with Gasteiger partial charge in [0, 0.05) is 5.69 Å². The normalized spacial score (nSPS) is 10.3. The number of amides is 1. The molecule has 2 aromatic rings. The van der Waals surface area contributed by atoms with Crippen LogP contribution in [-0.2, 0) is 9.53 Å². The zero-order valence-corrected chi connectivity index (χ0v) is 13.9. The van der Waals surface area contributed by atoms with Gasteiger partial charge in [0.15, 0.2) is 6.61 Å². The molecule has 2 aromatic carbocycles. The maximum absolute atomic E-state index is 12.0. The van der Waals surface area contributed by atoms with Crippen molar-refractivity contribution in [3.05, 3.63) is 64.2 Å². The van der Waals surface area contributed by atoms with E-state index in [2.05, 4.69) is 5.32 Å². The number of benzene rings is 2. The summed E-state index contributed by atoms with van der Waals surface area (Å²) in [4.78, 5) is 23.9. The lowest BCUT2D eigenvalue weighted by Crippen LogP contribution is -2.21. The highest BCUT2D eigenvalue weighted by Crippen LogP contribution is 2.14. The Morgan fingerprint density at radius 2 is 1.57 bits per heavy atom. The molecule has 4 heteroatoms. The lowest BCUT2D eigenvalue weighted by atomic mass is 10.1. The molecule has 1 amide bonds. The van der Waals surface area contributed by atoms with Crippen molar-refractivity contribution in [3.63, 3.8) is 0 Å². The fourth-order valence-corrected chi connectivity index (χ4v) is 2.32. The number of nitrogens with one attached hydrogen (secondary N) is 1. The summed E-state index contributed by atoms with van der Waals surface area (Å²) in [5.41, 5.74) is 5.37. The summed E-state index contributed by atoms with van der Waals surface area (Å²) < 4.78 is 5.08. The topological polar surface area (TPSA) is 55.4 Å². The van der Waals surface area contributed by atoms with Crippen molar-refractivity contribution in [2.75, 3.05) is 11.9 Å². The SMILES string of the molecule is Cc1cc(C)cc(C(=O)OCC(=O)Nc2ccc(C)c(C)c2)c1. The summed E-state index contributed by atoms with van der Waals surface area (Å²) in [5, 5.41) is 2.72. The molecule has 0 aliphatic heterocycles. The number of anilines is 1. The average molecular weight is 311 g/mol. The van der Waals surface area contributed by atoms with Gasteiger partial charge in [0.25, 0.3) is 5.91 Å². The highest BCUT2D eigenvalue weighted by Gasteiger charge is 2.11. The highest BCUT2D eigenvalue weighted by atomic mass is 16.5. The Morgan fingerprint density at radius 1 is 0.913 bits per heavy atom. The molecule has 0 aliphatic rings. The standard InChI is InChI=1S/C19H21NO3/c1-12-7-13(2)9-16(8-12)19(22)23-11-18(21)20-17-6-5-14(3)15(4)10-17/h5-10H,11H2,1-4H3,(H,20,21). The highest BCUT2D eigenvalue weighted by molar-refractivity contribution is 5.95. The van der Waals surface area contributed by atoms with E-state index in [0.717, 1.165) is 22.3 Å². The molecule has 0 spiro atoms. The van der Waals surface area contributed by atoms with Gasteiger partial charge in [0.05, 0.1) is 5.56 Å². The van der Waals surface area contributed by atoms with E-state index in [-0.39, 0.29) is 12.5 Å². The molecule has 4 nitrogen and oxygen atoms in total. The molecule has 0 atom stereocenters. The third kappa shape index (κ3) is 4.68. The molecule has 1 N–H and O–H groups in total. The molecule has 0 saturated carbocycles. The van der Waals surface area contributed by atoms with Crippen molar-refractivity contribution >= 4 is 17.6 Å². The molecule has 0 fully saturated rings. The largest absolute Gasteiger partial charge is 0.452 e. The lowest BCUT2D eigenvalue weighted by molar-refractivity contribution is -0.119. The van der Waals surface area contributed by atoms with Gasteiger partial charge in [-0.15, -0.1) is 0 Å². The van der Waals surface area contributed by atoms with Crippen molar-refractivity contribution < 1.29 is 14.3 Å². The van der Waals surface area contributed by atoms with Crippen LogP contribution < -0.4 is 5.32 Å². The van der Waals surface area contributed by atoms with E-state index >= 15 is 0 Å². The van der Waals surface area contributed by atoms with Crippen LogP contribution in [0, 0.1) is 27.7 Å². The summed E-state index contributed by atoms with van der Waals surface area (Å²) in [6, 6.07) is 11.1. The molecule has 0 saturated heterocycles. The minimum Gasteiger partial charge on any atom is -0.452 e. The number of ether oxygens (including phenoxy) is 1. The lowest BCUT2D eigenvalue weighted by Gasteiger charge is -2.09. The Hall–Kier alpha value is -2.62. The van der Waals surface area contributed by atoms with Crippen LogP contribution in [0.1, 0.15) is 32.6 Å². The molecule has 0 bridgehead atoms. The molecule has 0 heterocycles. The Bertz CT molecular complexity index is 730. The van der Waals surface area contributed by atoms with Crippen molar-refractivity contribution in [1.29, 1.82) is 0 Å². The number of carbonyl (C=O) groups excluding carboxylic acids is 2. The first-order valence-corrected chi connectivity index (χ1v) is 7.47. The van der Waals surface area contributed by atoms with Gasteiger partial charge in [0.2, 0.25) is 0 Å². The molecule has 23 heavy (non-hydrogen) atoms. The van der Waals surface area contributed by atoms with Crippen LogP contribution in [-0.4, -0.2) is 18.5 Å². The second kappa shape index (κ2) is 7.09. The molecule has 2 rings (SSSR count). The van der Waals surface area contributed by atoms with E-state index < -0.39 is 5.97 Å². The number of esters is 1. The summed E-state index contributed by atoms with van der Waals surface area (Å²) >= 11 is 0. The number of rotatable bonds is 4. The van der Waals surface area contributed by atoms with E-state index in [9.17, 15) is 9.59 Å². The third-order valence-corrected chi connectivity index (χ3v) is 3.58. The Kier molecular flexibility index (Phi) is 5.16. The van der Waals surface area contributed by atoms with Crippen LogP contribution in [0.25, 0.3) is 0 Å². The second-order valence-electron chi connectivity index (χ2n) is 5.80. The van der Waals surface area contributed by atoms with Crippen molar-refractivity contribution in [3.8, 4) is 0 Å². The van der Waals surface area contributed by atoms with E-state index in [1.165, 1.54) is 0 Å². The van der Waals surface area contributed by atoms with Gasteiger partial charge in [-0.05, 0) is 63.1 Å². The molecule has 120 valence electrons. The second-order valence-corrected chi connectivity index (χ2v) is 5.80. The van der Waals surface area contributed by atoms with Crippen LogP contribution in [0.3, 0.4) is 0 Å². The first kappa shape index (κ1) is 16.7. The smallest absolute Gasteiger partial charge is 0.338 e. The van der Waals surface area contributed by atoms with Crippen molar-refractivity contribution in [2.24, 2.45) is 0 Å². The number of carbonyl (C=O) groups is 2. The van der Waals surface area contributed by atoms with Crippen LogP contribution in [0.2, 0.25) is 0 Å². The van der Waals surface area contributed by atoms with E-state index in [0.29, 0.717) is 11.3 Å². The molecule has 0 aromatic heterocycles. The Labute approximate surface area is 136 Å². The monoisotopic (exact) mass is 311 g/mol. The Balaban J connectivity index is 1.93. The maximum Gasteiger partial charge on any atom is 0.338 e. The molecule has 0 radical (unpaired) electrons. The fraction of sp³-hybridized carbons (Fsp3) is 0.263. The van der Waals surface area contributed by atoms with Gasteiger partial charge in [-0.3, -0.25) is 4.79 Å². The predicted octanol–water partition coefficient (Wildman–Crippen LogP) is 3.72. The predicted molar refractivity (Wildman–Crippen MR) is 90.7 cm³/mol. The first-order valence-electron chi connectivity index (χ1n) is 7.47. The van der Waals surface area contributed by atoms with E-state index in [4.69, 9.17) is 4.74 Å². The average Bonchev–Trinajstić information content (AvgIpc) is 2.47. The van der Waals surface area contributed by atoms with Crippen LogP contribution >= 0.6 is 0 Å². The zero-order chi connectivity index (χ0) is 17.0. The Morgan fingerprint density at radius 3 is 2.17 bits per heavy atom. The summed E-state index contributed by atoms with van der Waals surface area (Å²) in [5.74, 6) is -0.849. The molecule has 0 unspecified atom stereocenters. The quantitative estimate of drug-likeness (QED) is 0.876. The van der Waals surface area contributed by atoms with E-state index in [1.807, 2.05) is 52.0 Å². The number of hydrogen-bond donors (Lipinski definition) is 1.